The van der Waals surface area contributed by atoms with E-state index in [0.717, 1.165) is 4.90 Å². The van der Waals surface area contributed by atoms with E-state index in [0.29, 0.717) is 22.0 Å². The number of anilines is 1. The van der Waals surface area contributed by atoms with E-state index in [9.17, 15) is 14.4 Å². The first-order chi connectivity index (χ1) is 11.0. The molecule has 23 heavy (non-hydrogen) atoms. The number of nitrogens with one attached hydrogen (secondary N) is 1. The van der Waals surface area contributed by atoms with Crippen molar-refractivity contribution in [1.29, 1.82) is 0 Å². The molecule has 2 aromatic rings. The first-order valence-corrected chi connectivity index (χ1v) is 7.69. The van der Waals surface area contributed by atoms with Crippen LogP contribution in [0.5, 0.6) is 0 Å². The van der Waals surface area contributed by atoms with Crippen LogP contribution in [0.25, 0.3) is 0 Å². The summed E-state index contributed by atoms with van der Waals surface area (Å²) in [5, 5.41) is 10.9. The van der Waals surface area contributed by atoms with E-state index in [1.807, 2.05) is 0 Å². The van der Waals surface area contributed by atoms with Crippen molar-refractivity contribution in [1.82, 2.24) is 19.7 Å². The summed E-state index contributed by atoms with van der Waals surface area (Å²) in [6.45, 7) is 0. The highest BCUT2D eigenvalue weighted by Crippen LogP contribution is 2.25. The molecule has 8 nitrogen and oxygen atoms in total. The fraction of sp³-hybridized carbons (Fsp3) is 0.214. The first-order valence-electron chi connectivity index (χ1n) is 6.70. The van der Waals surface area contributed by atoms with Crippen molar-refractivity contribution in [2.45, 2.75) is 5.16 Å². The van der Waals surface area contributed by atoms with Crippen LogP contribution in [0.15, 0.2) is 29.7 Å². The highest BCUT2D eigenvalue weighted by Gasteiger charge is 2.32. The van der Waals surface area contributed by atoms with Gasteiger partial charge in [0.25, 0.3) is 11.8 Å². The number of hydrogen-bond acceptors (Lipinski definition) is 6. The number of benzene rings is 1. The van der Waals surface area contributed by atoms with Gasteiger partial charge in [-0.05, 0) is 18.2 Å². The molecule has 1 aliphatic rings. The van der Waals surface area contributed by atoms with E-state index < -0.39 is 0 Å². The molecule has 9 heteroatoms. The predicted molar refractivity (Wildman–Crippen MR) is 83.2 cm³/mol. The van der Waals surface area contributed by atoms with Crippen LogP contribution in [0.1, 0.15) is 20.7 Å². The molecule has 0 bridgehead atoms. The Kier molecular flexibility index (Phi) is 3.87. The summed E-state index contributed by atoms with van der Waals surface area (Å²) in [6.07, 6.45) is 1.56. The molecule has 1 N–H and O–H groups in total. The van der Waals surface area contributed by atoms with Crippen LogP contribution in [-0.2, 0) is 11.8 Å². The number of carbonyl (C=O) groups excluding carboxylic acids is 3. The Labute approximate surface area is 135 Å². The highest BCUT2D eigenvalue weighted by atomic mass is 32.2. The third-order valence-electron chi connectivity index (χ3n) is 3.38. The molecule has 0 atom stereocenters. The van der Waals surface area contributed by atoms with Crippen LogP contribution in [0.3, 0.4) is 0 Å². The largest absolute Gasteiger partial charge is 0.325 e. The fourth-order valence-corrected chi connectivity index (χ4v) is 2.86. The molecule has 0 spiro atoms. The monoisotopic (exact) mass is 331 g/mol. The van der Waals surface area contributed by atoms with Crippen LogP contribution in [0.2, 0.25) is 0 Å². The van der Waals surface area contributed by atoms with Gasteiger partial charge in [0.05, 0.1) is 16.9 Å². The van der Waals surface area contributed by atoms with Crippen molar-refractivity contribution >= 4 is 35.2 Å². The summed E-state index contributed by atoms with van der Waals surface area (Å²) >= 11 is 1.26. The Bertz CT molecular complexity index is 816. The van der Waals surface area contributed by atoms with Crippen molar-refractivity contribution in [3.63, 3.8) is 0 Å². The molecular weight excluding hydrogens is 318 g/mol. The van der Waals surface area contributed by atoms with Crippen LogP contribution < -0.4 is 5.32 Å². The maximum Gasteiger partial charge on any atom is 0.261 e. The molecule has 1 aromatic carbocycles. The molecule has 0 fully saturated rings. The molecule has 1 aliphatic heterocycles. The number of rotatable bonds is 4. The molecule has 0 saturated carbocycles. The molecule has 1 aromatic heterocycles. The lowest BCUT2D eigenvalue weighted by atomic mass is 10.1. The van der Waals surface area contributed by atoms with Crippen molar-refractivity contribution in [3.8, 4) is 0 Å². The maximum absolute atomic E-state index is 12.0. The molecule has 0 aliphatic carbocycles. The van der Waals surface area contributed by atoms with Crippen LogP contribution in [0.4, 0.5) is 5.69 Å². The smallest absolute Gasteiger partial charge is 0.261 e. The average molecular weight is 331 g/mol. The second-order valence-corrected chi connectivity index (χ2v) is 5.93. The van der Waals surface area contributed by atoms with Crippen molar-refractivity contribution < 1.29 is 14.4 Å². The predicted octanol–water partition coefficient (Wildman–Crippen LogP) is 0.772. The first kappa shape index (κ1) is 15.2. The lowest BCUT2D eigenvalue weighted by Crippen LogP contribution is -2.24. The van der Waals surface area contributed by atoms with Gasteiger partial charge in [-0.15, -0.1) is 10.2 Å². The zero-order valence-electron chi connectivity index (χ0n) is 12.4. The summed E-state index contributed by atoms with van der Waals surface area (Å²) in [7, 11) is 3.22. The van der Waals surface area contributed by atoms with Gasteiger partial charge in [-0.1, -0.05) is 11.8 Å². The quantitative estimate of drug-likeness (QED) is 0.656. The number of amides is 3. The lowest BCUT2D eigenvalue weighted by molar-refractivity contribution is -0.113. The van der Waals surface area contributed by atoms with Gasteiger partial charge >= 0.3 is 0 Å². The summed E-state index contributed by atoms with van der Waals surface area (Å²) < 4.78 is 1.72. The molecule has 0 unspecified atom stereocenters. The number of imide groups is 1. The molecule has 0 saturated heterocycles. The number of aryl methyl sites for hydroxylation is 1. The number of carbonyl (C=O) groups is 3. The van der Waals surface area contributed by atoms with Crippen LogP contribution in [0, 0.1) is 0 Å². The molecular formula is C14H13N5O3S. The summed E-state index contributed by atoms with van der Waals surface area (Å²) in [4.78, 5) is 36.8. The van der Waals surface area contributed by atoms with E-state index in [-0.39, 0.29) is 23.5 Å². The van der Waals surface area contributed by atoms with Gasteiger partial charge in [0.1, 0.15) is 6.33 Å². The van der Waals surface area contributed by atoms with Crippen LogP contribution in [-0.4, -0.2) is 50.2 Å². The van der Waals surface area contributed by atoms with Gasteiger partial charge in [0.15, 0.2) is 5.16 Å². The van der Waals surface area contributed by atoms with Gasteiger partial charge < -0.3 is 9.88 Å². The fourth-order valence-electron chi connectivity index (χ4n) is 2.17. The average Bonchev–Trinajstić information content (AvgIpc) is 3.03. The third kappa shape index (κ3) is 2.82. The number of hydrogen-bond donors (Lipinski definition) is 1. The van der Waals surface area contributed by atoms with Crippen molar-refractivity contribution in [2.75, 3.05) is 18.1 Å². The van der Waals surface area contributed by atoms with Crippen molar-refractivity contribution in [3.05, 3.63) is 35.7 Å². The second-order valence-electron chi connectivity index (χ2n) is 4.99. The van der Waals surface area contributed by atoms with E-state index in [1.165, 1.54) is 24.9 Å². The van der Waals surface area contributed by atoms with E-state index in [4.69, 9.17) is 0 Å². The number of fused-ring (bicyclic) bond motifs is 1. The zero-order chi connectivity index (χ0) is 16.6. The Morgan fingerprint density at radius 2 is 1.96 bits per heavy atom. The minimum absolute atomic E-state index is 0.163. The topological polar surface area (TPSA) is 97.2 Å². The standard InChI is InChI=1S/C14H13N5O3S/c1-18-7-15-17-14(18)23-6-11(20)16-8-3-4-9-10(5-8)13(22)19(2)12(9)21/h3-5,7H,6H2,1-2H3,(H,16,20). The number of aromatic nitrogens is 3. The van der Waals surface area contributed by atoms with Gasteiger partial charge in [-0.3, -0.25) is 19.3 Å². The molecule has 118 valence electrons. The van der Waals surface area contributed by atoms with Gasteiger partial charge in [-0.25, -0.2) is 0 Å². The highest BCUT2D eigenvalue weighted by molar-refractivity contribution is 7.99. The van der Waals surface area contributed by atoms with Gasteiger partial charge in [0, 0.05) is 19.8 Å². The Hall–Kier alpha value is -2.68. The van der Waals surface area contributed by atoms with Crippen molar-refractivity contribution in [2.24, 2.45) is 7.05 Å². The Morgan fingerprint density at radius 3 is 2.65 bits per heavy atom. The molecule has 0 radical (unpaired) electrons. The molecule has 2 heterocycles. The summed E-state index contributed by atoms with van der Waals surface area (Å²) in [6, 6.07) is 4.67. The Morgan fingerprint density at radius 1 is 1.22 bits per heavy atom. The number of thioether (sulfide) groups is 1. The summed E-state index contributed by atoms with van der Waals surface area (Å²) in [5.74, 6) is -0.769. The number of nitrogens with zero attached hydrogens (tertiary/aromatic N) is 4. The van der Waals surface area contributed by atoms with E-state index >= 15 is 0 Å². The van der Waals surface area contributed by atoms with Gasteiger partial charge in [0.2, 0.25) is 5.91 Å². The summed E-state index contributed by atoms with van der Waals surface area (Å²) in [5.41, 5.74) is 1.13. The van der Waals surface area contributed by atoms with Crippen LogP contribution >= 0.6 is 11.8 Å². The van der Waals surface area contributed by atoms with E-state index in [2.05, 4.69) is 15.5 Å². The zero-order valence-corrected chi connectivity index (χ0v) is 13.3. The maximum atomic E-state index is 12.0. The van der Waals surface area contributed by atoms with E-state index in [1.54, 1.807) is 30.1 Å². The molecule has 3 amide bonds. The normalized spacial score (nSPS) is 13.4. The van der Waals surface area contributed by atoms with Gasteiger partial charge in [-0.2, -0.15) is 0 Å². The Balaban J connectivity index is 1.67. The minimum Gasteiger partial charge on any atom is -0.325 e. The lowest BCUT2D eigenvalue weighted by Gasteiger charge is -2.06. The SMILES string of the molecule is CN1C(=O)c2ccc(NC(=O)CSc3nncn3C)cc2C1=O. The second kappa shape index (κ2) is 5.84. The molecule has 3 rings (SSSR count). The third-order valence-corrected chi connectivity index (χ3v) is 4.41. The minimum atomic E-state index is -0.366.